The van der Waals surface area contributed by atoms with Crippen LogP contribution in [0.4, 0.5) is 5.82 Å². The summed E-state index contributed by atoms with van der Waals surface area (Å²) in [7, 11) is 0. The molecule has 0 bridgehead atoms. The van der Waals surface area contributed by atoms with Crippen LogP contribution in [0.15, 0.2) is 42.7 Å². The van der Waals surface area contributed by atoms with Gasteiger partial charge in [-0.3, -0.25) is 4.79 Å². The molecule has 4 rings (SSSR count). The van der Waals surface area contributed by atoms with Crippen molar-refractivity contribution in [2.75, 3.05) is 12.3 Å². The van der Waals surface area contributed by atoms with E-state index < -0.39 is 12.0 Å². The molecule has 1 saturated heterocycles. The first-order valence-corrected chi connectivity index (χ1v) is 9.72. The number of nitrogen functional groups attached to an aromatic ring is 1. The molecule has 29 heavy (non-hydrogen) atoms. The summed E-state index contributed by atoms with van der Waals surface area (Å²) in [5.74, 6) is 0.0181. The number of nitrogens with zero attached hydrogens (tertiary/aromatic N) is 3. The summed E-state index contributed by atoms with van der Waals surface area (Å²) in [6, 6.07) is 11.1. The van der Waals surface area contributed by atoms with Crippen LogP contribution >= 0.6 is 0 Å². The second kappa shape index (κ2) is 8.18. The van der Waals surface area contributed by atoms with Gasteiger partial charge in [-0.2, -0.15) is 5.10 Å². The fraction of sp³-hybridized carbons (Fsp3) is 0.381. The van der Waals surface area contributed by atoms with Crippen LogP contribution in [0.5, 0.6) is 0 Å². The monoisotopic (exact) mass is 395 g/mol. The van der Waals surface area contributed by atoms with Gasteiger partial charge < -0.3 is 20.9 Å². The number of hydrogen-bond donors (Lipinski definition) is 2. The minimum atomic E-state index is -0.691. The van der Waals surface area contributed by atoms with Crippen LogP contribution in [0.25, 0.3) is 5.52 Å². The zero-order valence-corrected chi connectivity index (χ0v) is 16.3. The van der Waals surface area contributed by atoms with Crippen LogP contribution in [-0.2, 0) is 20.7 Å². The van der Waals surface area contributed by atoms with Gasteiger partial charge in [0.1, 0.15) is 30.6 Å². The molecule has 0 aliphatic carbocycles. The first-order chi connectivity index (χ1) is 14.0. The number of carbonyl (C=O) groups is 1. The number of carbonyl (C=O) groups excluding carboxylic acids is 1. The summed E-state index contributed by atoms with van der Waals surface area (Å²) < 4.78 is 13.2. The van der Waals surface area contributed by atoms with Crippen molar-refractivity contribution in [2.24, 2.45) is 5.73 Å². The summed E-state index contributed by atoms with van der Waals surface area (Å²) in [5.41, 5.74) is 15.7. The topological polar surface area (TPSA) is 118 Å². The minimum Gasteiger partial charge on any atom is -0.462 e. The van der Waals surface area contributed by atoms with Crippen molar-refractivity contribution < 1.29 is 14.3 Å². The first-order valence-electron chi connectivity index (χ1n) is 9.72. The lowest BCUT2D eigenvalue weighted by atomic mass is 10.0. The van der Waals surface area contributed by atoms with Gasteiger partial charge in [0.2, 0.25) is 0 Å². The Labute approximate surface area is 168 Å². The van der Waals surface area contributed by atoms with Gasteiger partial charge in [-0.25, -0.2) is 9.50 Å². The molecule has 8 nitrogen and oxygen atoms in total. The third-order valence-electron chi connectivity index (χ3n) is 5.20. The van der Waals surface area contributed by atoms with Crippen molar-refractivity contribution in [3.05, 3.63) is 59.5 Å². The standard InChI is InChI=1S/C21H25N5O3/c1-13-3-2-4-14(9-13)10-16(22)21(27)28-11-15-5-8-19(29-15)17-6-7-18-20(23)24-12-25-26(17)18/h2-4,6-7,9,12,15-16,19H,5,8,10-11,22H2,1H3,(H2,23,24,25). The van der Waals surface area contributed by atoms with E-state index in [1.54, 1.807) is 4.52 Å². The van der Waals surface area contributed by atoms with E-state index in [1.807, 2.05) is 43.3 Å². The van der Waals surface area contributed by atoms with Gasteiger partial charge in [-0.1, -0.05) is 29.8 Å². The largest absolute Gasteiger partial charge is 0.462 e. The quantitative estimate of drug-likeness (QED) is 0.613. The number of fused-ring (bicyclic) bond motifs is 1. The number of esters is 1. The lowest BCUT2D eigenvalue weighted by molar-refractivity contribution is -0.149. The van der Waals surface area contributed by atoms with E-state index in [-0.39, 0.29) is 18.8 Å². The zero-order chi connectivity index (χ0) is 20.4. The second-order valence-corrected chi connectivity index (χ2v) is 7.45. The predicted molar refractivity (Wildman–Crippen MR) is 108 cm³/mol. The number of ether oxygens (including phenoxy) is 2. The molecule has 0 amide bonds. The van der Waals surface area contributed by atoms with Crippen LogP contribution in [0, 0.1) is 6.92 Å². The molecule has 3 heterocycles. The van der Waals surface area contributed by atoms with Crippen molar-refractivity contribution in [2.45, 2.75) is 44.4 Å². The molecular formula is C21H25N5O3. The van der Waals surface area contributed by atoms with E-state index in [0.29, 0.717) is 12.2 Å². The molecule has 1 fully saturated rings. The van der Waals surface area contributed by atoms with E-state index in [0.717, 1.165) is 35.2 Å². The number of anilines is 1. The molecule has 2 aromatic heterocycles. The minimum absolute atomic E-state index is 0.128. The number of aryl methyl sites for hydroxylation is 1. The molecule has 3 aromatic rings. The molecule has 3 atom stereocenters. The lowest BCUT2D eigenvalue weighted by Crippen LogP contribution is -2.36. The highest BCUT2D eigenvalue weighted by Gasteiger charge is 2.30. The van der Waals surface area contributed by atoms with Crippen LogP contribution in [0.1, 0.15) is 35.8 Å². The fourth-order valence-corrected chi connectivity index (χ4v) is 3.72. The molecule has 152 valence electrons. The maximum atomic E-state index is 12.3. The lowest BCUT2D eigenvalue weighted by Gasteiger charge is -2.16. The summed E-state index contributed by atoms with van der Waals surface area (Å²) in [6.45, 7) is 2.20. The first kappa shape index (κ1) is 19.4. The molecule has 3 unspecified atom stereocenters. The molecular weight excluding hydrogens is 370 g/mol. The number of rotatable bonds is 6. The van der Waals surface area contributed by atoms with Gasteiger partial charge in [0, 0.05) is 0 Å². The third-order valence-corrected chi connectivity index (χ3v) is 5.20. The SMILES string of the molecule is Cc1cccc(CC(N)C(=O)OCC2CCC(c3ccc4c(N)ncnn34)O2)c1. The Hall–Kier alpha value is -2.97. The van der Waals surface area contributed by atoms with Gasteiger partial charge in [0.25, 0.3) is 0 Å². The third kappa shape index (κ3) is 4.23. The van der Waals surface area contributed by atoms with Crippen molar-refractivity contribution >= 4 is 17.3 Å². The summed E-state index contributed by atoms with van der Waals surface area (Å²) >= 11 is 0. The molecule has 4 N–H and O–H groups in total. The summed E-state index contributed by atoms with van der Waals surface area (Å²) in [5, 5.41) is 4.26. The maximum absolute atomic E-state index is 12.3. The van der Waals surface area contributed by atoms with E-state index in [2.05, 4.69) is 10.1 Å². The Morgan fingerprint density at radius 1 is 1.34 bits per heavy atom. The van der Waals surface area contributed by atoms with E-state index in [1.165, 1.54) is 6.33 Å². The average molecular weight is 395 g/mol. The van der Waals surface area contributed by atoms with Gasteiger partial charge in [-0.15, -0.1) is 0 Å². The van der Waals surface area contributed by atoms with Crippen molar-refractivity contribution in [1.82, 2.24) is 14.6 Å². The van der Waals surface area contributed by atoms with Crippen molar-refractivity contribution in [3.63, 3.8) is 0 Å². The molecule has 0 spiro atoms. The molecule has 0 saturated carbocycles. The van der Waals surface area contributed by atoms with Crippen molar-refractivity contribution in [3.8, 4) is 0 Å². The predicted octanol–water partition coefficient (Wildman–Crippen LogP) is 1.95. The Morgan fingerprint density at radius 3 is 3.03 bits per heavy atom. The number of nitrogens with two attached hydrogens (primary N) is 2. The van der Waals surface area contributed by atoms with Gasteiger partial charge >= 0.3 is 5.97 Å². The van der Waals surface area contributed by atoms with Crippen LogP contribution < -0.4 is 11.5 Å². The maximum Gasteiger partial charge on any atom is 0.323 e. The summed E-state index contributed by atoms with van der Waals surface area (Å²) in [6.07, 6.45) is 3.19. The van der Waals surface area contributed by atoms with Gasteiger partial charge in [-0.05, 0) is 43.9 Å². The summed E-state index contributed by atoms with van der Waals surface area (Å²) in [4.78, 5) is 16.3. The van der Waals surface area contributed by atoms with Crippen LogP contribution in [0.3, 0.4) is 0 Å². The highest BCUT2D eigenvalue weighted by Crippen LogP contribution is 2.33. The smallest absolute Gasteiger partial charge is 0.323 e. The van der Waals surface area contributed by atoms with Crippen LogP contribution in [-0.4, -0.2) is 39.3 Å². The number of aromatic nitrogens is 3. The fourth-order valence-electron chi connectivity index (χ4n) is 3.72. The molecule has 8 heteroatoms. The molecule has 1 aromatic carbocycles. The normalized spacial score (nSPS) is 20.1. The zero-order valence-electron chi connectivity index (χ0n) is 16.3. The Bertz CT molecular complexity index is 1020. The number of hydrogen-bond acceptors (Lipinski definition) is 7. The Kier molecular flexibility index (Phi) is 5.46. The molecule has 0 radical (unpaired) electrons. The van der Waals surface area contributed by atoms with Gasteiger partial charge in [0.05, 0.1) is 11.8 Å². The van der Waals surface area contributed by atoms with Gasteiger partial charge in [0.15, 0.2) is 5.82 Å². The molecule has 1 aliphatic rings. The average Bonchev–Trinajstić information content (AvgIpc) is 3.33. The van der Waals surface area contributed by atoms with Crippen LogP contribution in [0.2, 0.25) is 0 Å². The number of benzene rings is 1. The van der Waals surface area contributed by atoms with E-state index in [9.17, 15) is 4.79 Å². The van der Waals surface area contributed by atoms with Crippen molar-refractivity contribution in [1.29, 1.82) is 0 Å². The highest BCUT2D eigenvalue weighted by atomic mass is 16.6. The Balaban J connectivity index is 1.31. The second-order valence-electron chi connectivity index (χ2n) is 7.45. The van der Waals surface area contributed by atoms with E-state index >= 15 is 0 Å². The van der Waals surface area contributed by atoms with E-state index in [4.69, 9.17) is 20.9 Å². The molecule has 1 aliphatic heterocycles. The Morgan fingerprint density at radius 2 is 2.21 bits per heavy atom. The highest BCUT2D eigenvalue weighted by molar-refractivity contribution is 5.76.